The van der Waals surface area contributed by atoms with Crippen LogP contribution in [0.15, 0.2) is 54.6 Å². The smallest absolute Gasteiger partial charge is 0.251 e. The van der Waals surface area contributed by atoms with Crippen LogP contribution in [-0.2, 0) is 10.4 Å². The molecular weight excluding hydrogens is 316 g/mol. The lowest BCUT2D eigenvalue weighted by molar-refractivity contribution is -0.123. The van der Waals surface area contributed by atoms with Crippen LogP contribution in [0.1, 0.15) is 35.3 Å². The average molecular weight is 340 g/mol. The van der Waals surface area contributed by atoms with E-state index in [9.17, 15) is 14.7 Å². The van der Waals surface area contributed by atoms with E-state index in [2.05, 4.69) is 10.6 Å². The lowest BCUT2D eigenvalue weighted by Gasteiger charge is -2.25. The van der Waals surface area contributed by atoms with E-state index in [1.807, 2.05) is 31.2 Å². The van der Waals surface area contributed by atoms with Crippen molar-refractivity contribution in [3.8, 4) is 0 Å². The molecule has 0 aliphatic carbocycles. The Hall–Kier alpha value is -2.66. The van der Waals surface area contributed by atoms with Crippen LogP contribution in [0, 0.1) is 6.92 Å². The second-order valence-corrected chi connectivity index (χ2v) is 6.42. The first-order valence-corrected chi connectivity index (χ1v) is 8.23. The van der Waals surface area contributed by atoms with Crippen LogP contribution >= 0.6 is 0 Å². The highest BCUT2D eigenvalue weighted by molar-refractivity contribution is 5.97. The van der Waals surface area contributed by atoms with Crippen LogP contribution in [0.4, 0.5) is 0 Å². The fraction of sp³-hybridized carbons (Fsp3) is 0.300. The van der Waals surface area contributed by atoms with Crippen LogP contribution in [-0.4, -0.2) is 29.5 Å². The van der Waals surface area contributed by atoms with E-state index >= 15 is 0 Å². The summed E-state index contributed by atoms with van der Waals surface area (Å²) in [7, 11) is 0. The molecule has 0 saturated heterocycles. The monoisotopic (exact) mass is 340 g/mol. The number of benzene rings is 2. The largest absolute Gasteiger partial charge is 0.384 e. The minimum Gasteiger partial charge on any atom is -0.384 e. The molecule has 2 aromatic carbocycles. The third kappa shape index (κ3) is 5.16. The third-order valence-electron chi connectivity index (χ3n) is 4.02. The van der Waals surface area contributed by atoms with Crippen molar-refractivity contribution >= 4 is 11.8 Å². The van der Waals surface area contributed by atoms with Crippen molar-refractivity contribution in [1.82, 2.24) is 10.6 Å². The molecule has 132 valence electrons. The molecule has 0 aromatic heterocycles. The summed E-state index contributed by atoms with van der Waals surface area (Å²) in [5, 5.41) is 15.9. The van der Waals surface area contributed by atoms with Crippen LogP contribution in [0.2, 0.25) is 0 Å². The summed E-state index contributed by atoms with van der Waals surface area (Å²) in [6.07, 6.45) is 0. The number of carbonyl (C=O) groups is 2. The standard InChI is InChI=1S/C20H24N2O3/c1-14-8-7-9-16(12-14)19(24)22-15(2)18(23)21-13-20(3,25)17-10-5-4-6-11-17/h4-12,15,25H,13H2,1-3H3,(H,21,23)(H,22,24). The summed E-state index contributed by atoms with van der Waals surface area (Å²) >= 11 is 0. The molecule has 0 fully saturated rings. The van der Waals surface area contributed by atoms with Gasteiger partial charge in [-0.25, -0.2) is 0 Å². The maximum Gasteiger partial charge on any atom is 0.251 e. The van der Waals surface area contributed by atoms with E-state index in [1.165, 1.54) is 0 Å². The minimum absolute atomic E-state index is 0.0561. The van der Waals surface area contributed by atoms with Crippen molar-refractivity contribution in [2.45, 2.75) is 32.4 Å². The Labute approximate surface area is 148 Å². The van der Waals surface area contributed by atoms with Gasteiger partial charge in [0.2, 0.25) is 5.91 Å². The number of carbonyl (C=O) groups excluding carboxylic acids is 2. The number of nitrogens with one attached hydrogen (secondary N) is 2. The van der Waals surface area contributed by atoms with E-state index in [1.54, 1.807) is 44.2 Å². The molecular formula is C20H24N2O3. The lowest BCUT2D eigenvalue weighted by Crippen LogP contribution is -2.48. The van der Waals surface area contributed by atoms with E-state index in [-0.39, 0.29) is 18.4 Å². The van der Waals surface area contributed by atoms with Crippen molar-refractivity contribution < 1.29 is 14.7 Å². The van der Waals surface area contributed by atoms with Crippen molar-refractivity contribution in [1.29, 1.82) is 0 Å². The number of aryl methyl sites for hydroxylation is 1. The van der Waals surface area contributed by atoms with E-state index in [4.69, 9.17) is 0 Å². The summed E-state index contributed by atoms with van der Waals surface area (Å²) in [5.74, 6) is -0.654. The average Bonchev–Trinajstić information content (AvgIpc) is 2.60. The molecule has 0 aliphatic heterocycles. The van der Waals surface area contributed by atoms with Gasteiger partial charge in [-0.3, -0.25) is 9.59 Å². The molecule has 0 radical (unpaired) electrons. The van der Waals surface area contributed by atoms with Crippen LogP contribution < -0.4 is 10.6 Å². The third-order valence-corrected chi connectivity index (χ3v) is 4.02. The Morgan fingerprint density at radius 1 is 1.12 bits per heavy atom. The van der Waals surface area contributed by atoms with E-state index in [0.717, 1.165) is 5.56 Å². The maximum atomic E-state index is 12.2. The van der Waals surface area contributed by atoms with Gasteiger partial charge in [0.05, 0.1) is 6.54 Å². The van der Waals surface area contributed by atoms with Gasteiger partial charge in [0, 0.05) is 5.56 Å². The second kappa shape index (κ2) is 7.94. The van der Waals surface area contributed by atoms with Gasteiger partial charge in [-0.15, -0.1) is 0 Å². The zero-order valence-corrected chi connectivity index (χ0v) is 14.7. The number of hydrogen-bond acceptors (Lipinski definition) is 3. The molecule has 0 spiro atoms. The normalized spacial score (nSPS) is 14.2. The molecule has 5 nitrogen and oxygen atoms in total. The Morgan fingerprint density at radius 2 is 1.80 bits per heavy atom. The zero-order chi connectivity index (χ0) is 18.4. The van der Waals surface area contributed by atoms with Gasteiger partial charge in [-0.05, 0) is 38.5 Å². The van der Waals surface area contributed by atoms with E-state index in [0.29, 0.717) is 11.1 Å². The summed E-state index contributed by atoms with van der Waals surface area (Å²) in [6.45, 7) is 5.21. The van der Waals surface area contributed by atoms with Crippen LogP contribution in [0.25, 0.3) is 0 Å². The predicted octanol–water partition coefficient (Wildman–Crippen LogP) is 2.14. The highest BCUT2D eigenvalue weighted by Gasteiger charge is 2.25. The molecule has 2 unspecified atom stereocenters. The summed E-state index contributed by atoms with van der Waals surface area (Å²) < 4.78 is 0. The first-order valence-electron chi connectivity index (χ1n) is 8.23. The number of amides is 2. The Morgan fingerprint density at radius 3 is 2.44 bits per heavy atom. The number of hydrogen-bond donors (Lipinski definition) is 3. The molecule has 25 heavy (non-hydrogen) atoms. The van der Waals surface area contributed by atoms with Crippen molar-refractivity contribution in [2.75, 3.05) is 6.54 Å². The molecule has 0 saturated carbocycles. The molecule has 0 heterocycles. The molecule has 2 atom stereocenters. The maximum absolute atomic E-state index is 12.2. The minimum atomic E-state index is -1.18. The highest BCUT2D eigenvalue weighted by atomic mass is 16.3. The molecule has 0 aliphatic rings. The molecule has 3 N–H and O–H groups in total. The zero-order valence-electron chi connectivity index (χ0n) is 14.7. The van der Waals surface area contributed by atoms with Gasteiger partial charge >= 0.3 is 0 Å². The van der Waals surface area contributed by atoms with Crippen LogP contribution in [0.5, 0.6) is 0 Å². The highest BCUT2D eigenvalue weighted by Crippen LogP contribution is 2.18. The molecule has 2 aromatic rings. The van der Waals surface area contributed by atoms with Gasteiger partial charge in [0.1, 0.15) is 11.6 Å². The summed E-state index contributed by atoms with van der Waals surface area (Å²) in [4.78, 5) is 24.4. The van der Waals surface area contributed by atoms with Gasteiger partial charge in [-0.1, -0.05) is 48.0 Å². The Balaban J connectivity index is 1.91. The van der Waals surface area contributed by atoms with Crippen LogP contribution in [0.3, 0.4) is 0 Å². The number of aliphatic hydroxyl groups is 1. The topological polar surface area (TPSA) is 78.4 Å². The molecule has 5 heteroatoms. The quantitative estimate of drug-likeness (QED) is 0.754. The fourth-order valence-corrected chi connectivity index (χ4v) is 2.44. The summed E-state index contributed by atoms with van der Waals surface area (Å²) in [5.41, 5.74) is 1.02. The van der Waals surface area contributed by atoms with Gasteiger partial charge in [-0.2, -0.15) is 0 Å². The van der Waals surface area contributed by atoms with Crippen molar-refractivity contribution in [2.24, 2.45) is 0 Å². The van der Waals surface area contributed by atoms with Gasteiger partial charge in [0.15, 0.2) is 0 Å². The molecule has 0 bridgehead atoms. The second-order valence-electron chi connectivity index (χ2n) is 6.42. The Bertz CT molecular complexity index is 742. The SMILES string of the molecule is Cc1cccc(C(=O)NC(C)C(=O)NCC(C)(O)c2ccccc2)c1. The fourth-order valence-electron chi connectivity index (χ4n) is 2.44. The van der Waals surface area contributed by atoms with Crippen molar-refractivity contribution in [3.05, 3.63) is 71.3 Å². The van der Waals surface area contributed by atoms with Gasteiger partial charge in [0.25, 0.3) is 5.91 Å². The van der Waals surface area contributed by atoms with E-state index < -0.39 is 11.6 Å². The predicted molar refractivity (Wildman–Crippen MR) is 97.1 cm³/mol. The van der Waals surface area contributed by atoms with Gasteiger partial charge < -0.3 is 15.7 Å². The lowest BCUT2D eigenvalue weighted by atomic mass is 9.96. The first-order chi connectivity index (χ1) is 11.8. The molecule has 2 amide bonds. The number of rotatable bonds is 6. The Kier molecular flexibility index (Phi) is 5.93. The first kappa shape index (κ1) is 18.7. The van der Waals surface area contributed by atoms with Crippen molar-refractivity contribution in [3.63, 3.8) is 0 Å². The molecule has 2 rings (SSSR count). The summed E-state index contributed by atoms with van der Waals surface area (Å²) in [6, 6.07) is 15.6.